The Hall–Kier alpha value is -0.750. The van der Waals surface area contributed by atoms with E-state index in [4.69, 9.17) is 5.11 Å². The fourth-order valence-corrected chi connectivity index (χ4v) is 3.80. The number of aromatic nitrogens is 1. The van der Waals surface area contributed by atoms with Gasteiger partial charge in [0.05, 0.1) is 5.69 Å². The molecule has 2 N–H and O–H groups in total. The van der Waals surface area contributed by atoms with Gasteiger partial charge in [-0.1, -0.05) is 0 Å². The predicted molar refractivity (Wildman–Crippen MR) is 67.7 cm³/mol. The summed E-state index contributed by atoms with van der Waals surface area (Å²) in [5, 5.41) is 13.0. The van der Waals surface area contributed by atoms with Crippen molar-refractivity contribution in [2.45, 2.75) is 13.3 Å². The Balaban J connectivity index is 2.00. The minimum absolute atomic E-state index is 0.329. The molecule has 1 atom stereocenters. The first-order valence-corrected chi connectivity index (χ1v) is 7.12. The summed E-state index contributed by atoms with van der Waals surface area (Å²) in [7, 11) is 0. The van der Waals surface area contributed by atoms with Crippen molar-refractivity contribution in [1.82, 2.24) is 4.37 Å². The molecule has 1 fully saturated rings. The predicted octanol–water partition coefficient (Wildman–Crippen LogP) is 2.31. The number of aromatic carboxylic acids is 1. The van der Waals surface area contributed by atoms with E-state index >= 15 is 0 Å². The molecule has 6 heteroatoms. The van der Waals surface area contributed by atoms with Gasteiger partial charge in [0, 0.05) is 6.54 Å². The summed E-state index contributed by atoms with van der Waals surface area (Å²) in [5.41, 5.74) is 0.927. The van der Waals surface area contributed by atoms with Gasteiger partial charge < -0.3 is 10.4 Å². The molecule has 0 amide bonds. The number of carboxylic acids is 1. The van der Waals surface area contributed by atoms with Gasteiger partial charge in [0.15, 0.2) is 0 Å². The molecule has 1 aliphatic rings. The number of carbonyl (C=O) groups is 1. The van der Waals surface area contributed by atoms with Gasteiger partial charge >= 0.3 is 5.97 Å². The van der Waals surface area contributed by atoms with Gasteiger partial charge in [-0.25, -0.2) is 4.79 Å². The van der Waals surface area contributed by atoms with Crippen molar-refractivity contribution in [3.8, 4) is 0 Å². The molecular weight excluding hydrogens is 244 g/mol. The van der Waals surface area contributed by atoms with E-state index < -0.39 is 5.97 Å². The third-order valence-electron chi connectivity index (χ3n) is 2.65. The van der Waals surface area contributed by atoms with Crippen molar-refractivity contribution < 1.29 is 9.90 Å². The summed E-state index contributed by atoms with van der Waals surface area (Å²) in [5.74, 6) is 2.16. The molecule has 0 bridgehead atoms. The molecule has 1 aromatic rings. The number of hydrogen-bond donors (Lipinski definition) is 2. The minimum Gasteiger partial charge on any atom is -0.478 e. The third kappa shape index (κ3) is 2.49. The molecule has 2 heterocycles. The maximum absolute atomic E-state index is 11.0. The van der Waals surface area contributed by atoms with Crippen LogP contribution in [0.15, 0.2) is 0 Å². The number of thioether (sulfide) groups is 1. The second kappa shape index (κ2) is 5.05. The zero-order valence-electron chi connectivity index (χ0n) is 9.02. The molecule has 88 valence electrons. The van der Waals surface area contributed by atoms with Gasteiger partial charge in [0.25, 0.3) is 0 Å². The summed E-state index contributed by atoms with van der Waals surface area (Å²) in [6, 6.07) is 0. The third-order valence-corrected chi connectivity index (χ3v) is 4.78. The number of anilines is 1. The number of carboxylic acid groups (broad SMARTS) is 1. The SMILES string of the molecule is Cc1nsc(NCC2CCSC2)c1C(=O)O. The first kappa shape index (κ1) is 11.7. The number of nitrogens with zero attached hydrogens (tertiary/aromatic N) is 1. The monoisotopic (exact) mass is 258 g/mol. The summed E-state index contributed by atoms with van der Waals surface area (Å²) in [4.78, 5) is 11.0. The molecule has 0 radical (unpaired) electrons. The fourth-order valence-electron chi connectivity index (χ4n) is 1.72. The Morgan fingerprint density at radius 1 is 1.69 bits per heavy atom. The first-order valence-electron chi connectivity index (χ1n) is 5.19. The molecule has 1 aromatic heterocycles. The standard InChI is InChI=1S/C10H14N2O2S2/c1-6-8(10(13)14)9(16-12-6)11-4-7-2-3-15-5-7/h7,11H,2-5H2,1H3,(H,13,14). The lowest BCUT2D eigenvalue weighted by molar-refractivity contribution is 0.0697. The summed E-state index contributed by atoms with van der Waals surface area (Å²) >= 11 is 3.20. The van der Waals surface area contributed by atoms with Crippen LogP contribution < -0.4 is 5.32 Å². The zero-order valence-corrected chi connectivity index (χ0v) is 10.7. The Morgan fingerprint density at radius 3 is 3.12 bits per heavy atom. The number of hydrogen-bond acceptors (Lipinski definition) is 5. The number of rotatable bonds is 4. The lowest BCUT2D eigenvalue weighted by Crippen LogP contribution is -2.14. The van der Waals surface area contributed by atoms with Gasteiger partial charge in [-0.05, 0) is 42.3 Å². The number of nitrogens with one attached hydrogen (secondary N) is 1. The maximum Gasteiger partial charge on any atom is 0.340 e. The van der Waals surface area contributed by atoms with Crippen LogP contribution in [0, 0.1) is 12.8 Å². The van der Waals surface area contributed by atoms with Crippen LogP contribution in [0.4, 0.5) is 5.00 Å². The smallest absolute Gasteiger partial charge is 0.340 e. The Labute approximate surface area is 103 Å². The topological polar surface area (TPSA) is 62.2 Å². The van der Waals surface area contributed by atoms with Crippen LogP contribution in [0.5, 0.6) is 0 Å². The molecule has 0 aromatic carbocycles. The van der Waals surface area contributed by atoms with Crippen molar-refractivity contribution in [2.24, 2.45) is 5.92 Å². The second-order valence-corrected chi connectivity index (χ2v) is 5.81. The van der Waals surface area contributed by atoms with Gasteiger partial charge in [-0.15, -0.1) is 0 Å². The molecule has 0 spiro atoms. The summed E-state index contributed by atoms with van der Waals surface area (Å²) in [6.45, 7) is 2.59. The highest BCUT2D eigenvalue weighted by molar-refractivity contribution is 7.99. The van der Waals surface area contributed by atoms with Crippen LogP contribution in [-0.4, -0.2) is 33.5 Å². The van der Waals surface area contributed by atoms with E-state index in [2.05, 4.69) is 9.69 Å². The van der Waals surface area contributed by atoms with Gasteiger partial charge in [-0.2, -0.15) is 16.1 Å². The summed E-state index contributed by atoms with van der Waals surface area (Å²) < 4.78 is 4.08. The molecule has 1 unspecified atom stereocenters. The van der Waals surface area contributed by atoms with E-state index in [1.54, 1.807) is 6.92 Å². The average Bonchev–Trinajstić information content (AvgIpc) is 2.83. The van der Waals surface area contributed by atoms with Crippen LogP contribution in [0.2, 0.25) is 0 Å². The fraction of sp³-hybridized carbons (Fsp3) is 0.600. The average molecular weight is 258 g/mol. The molecule has 0 aliphatic carbocycles. The second-order valence-electron chi connectivity index (χ2n) is 3.89. The van der Waals surface area contributed by atoms with Crippen LogP contribution in [0.25, 0.3) is 0 Å². The van der Waals surface area contributed by atoms with Crippen LogP contribution in [-0.2, 0) is 0 Å². The number of aryl methyl sites for hydroxylation is 1. The maximum atomic E-state index is 11.0. The molecule has 4 nitrogen and oxygen atoms in total. The quantitative estimate of drug-likeness (QED) is 0.867. The Kier molecular flexibility index (Phi) is 3.70. The van der Waals surface area contributed by atoms with Crippen LogP contribution in [0.3, 0.4) is 0 Å². The Bertz CT molecular complexity index is 386. The highest BCUT2D eigenvalue weighted by atomic mass is 32.2. The van der Waals surface area contributed by atoms with Crippen molar-refractivity contribution in [1.29, 1.82) is 0 Å². The van der Waals surface area contributed by atoms with Crippen LogP contribution >= 0.6 is 23.3 Å². The molecule has 1 saturated heterocycles. The van der Waals surface area contributed by atoms with Gasteiger partial charge in [0.1, 0.15) is 10.6 Å². The van der Waals surface area contributed by atoms with E-state index in [1.807, 2.05) is 11.8 Å². The molecule has 1 aliphatic heterocycles. The normalized spacial score (nSPS) is 19.9. The van der Waals surface area contributed by atoms with Crippen LogP contribution in [0.1, 0.15) is 22.5 Å². The highest BCUT2D eigenvalue weighted by Gasteiger charge is 2.20. The molecule has 16 heavy (non-hydrogen) atoms. The van der Waals surface area contributed by atoms with E-state index in [-0.39, 0.29) is 0 Å². The highest BCUT2D eigenvalue weighted by Crippen LogP contribution is 2.27. The zero-order chi connectivity index (χ0) is 11.5. The van der Waals surface area contributed by atoms with E-state index in [0.29, 0.717) is 22.2 Å². The lowest BCUT2D eigenvalue weighted by Gasteiger charge is -2.09. The first-order chi connectivity index (χ1) is 7.68. The largest absolute Gasteiger partial charge is 0.478 e. The molecule has 0 saturated carbocycles. The van der Waals surface area contributed by atoms with Gasteiger partial charge in [-0.3, -0.25) is 0 Å². The molecule has 2 rings (SSSR count). The van der Waals surface area contributed by atoms with Crippen molar-refractivity contribution in [3.63, 3.8) is 0 Å². The van der Waals surface area contributed by atoms with Crippen molar-refractivity contribution in [3.05, 3.63) is 11.3 Å². The summed E-state index contributed by atoms with van der Waals surface area (Å²) in [6.07, 6.45) is 1.22. The van der Waals surface area contributed by atoms with Gasteiger partial charge in [0.2, 0.25) is 0 Å². The van der Waals surface area contributed by atoms with Crippen molar-refractivity contribution >= 4 is 34.3 Å². The van der Waals surface area contributed by atoms with E-state index in [1.165, 1.54) is 29.5 Å². The van der Waals surface area contributed by atoms with E-state index in [9.17, 15) is 4.79 Å². The van der Waals surface area contributed by atoms with E-state index in [0.717, 1.165) is 6.54 Å². The van der Waals surface area contributed by atoms with Crippen molar-refractivity contribution in [2.75, 3.05) is 23.4 Å². The Morgan fingerprint density at radius 2 is 2.50 bits per heavy atom. The minimum atomic E-state index is -0.894. The molecular formula is C10H14N2O2S2. The lowest BCUT2D eigenvalue weighted by atomic mass is 10.1.